The number of hydrogen-bond donors (Lipinski definition) is 0. The molecule has 0 aliphatic carbocycles. The molecule has 88 valence electrons. The third-order valence-corrected chi connectivity index (χ3v) is 2.81. The molecule has 0 saturated heterocycles. The zero-order chi connectivity index (χ0) is 12.5. The zero-order valence-corrected chi connectivity index (χ0v) is 10.9. The summed E-state index contributed by atoms with van der Waals surface area (Å²) in [6.45, 7) is 8.66. The summed E-state index contributed by atoms with van der Waals surface area (Å²) >= 11 is 0. The molecular formula is C15H18N2. The number of rotatable bonds is 1. The molecule has 2 heteroatoms. The van der Waals surface area contributed by atoms with E-state index in [-0.39, 0.29) is 5.41 Å². The van der Waals surface area contributed by atoms with E-state index < -0.39 is 0 Å². The van der Waals surface area contributed by atoms with Gasteiger partial charge in [-0.25, -0.2) is 9.97 Å². The molecule has 0 atom stereocenters. The highest BCUT2D eigenvalue weighted by Crippen LogP contribution is 2.30. The highest BCUT2D eigenvalue weighted by atomic mass is 14.8. The Balaban J connectivity index is 2.60. The van der Waals surface area contributed by atoms with Crippen LogP contribution in [0.25, 0.3) is 11.3 Å². The molecule has 0 bridgehead atoms. The summed E-state index contributed by atoms with van der Waals surface area (Å²) in [7, 11) is 0. The second-order valence-electron chi connectivity index (χ2n) is 5.40. The van der Waals surface area contributed by atoms with Gasteiger partial charge >= 0.3 is 0 Å². The largest absolute Gasteiger partial charge is 0.244 e. The molecule has 1 aromatic carbocycles. The van der Waals surface area contributed by atoms with Crippen molar-refractivity contribution < 1.29 is 0 Å². The van der Waals surface area contributed by atoms with E-state index in [0.29, 0.717) is 0 Å². The number of benzene rings is 1. The van der Waals surface area contributed by atoms with Crippen LogP contribution in [0.4, 0.5) is 0 Å². The van der Waals surface area contributed by atoms with Gasteiger partial charge in [0.1, 0.15) is 6.33 Å². The van der Waals surface area contributed by atoms with Crippen LogP contribution in [-0.2, 0) is 5.41 Å². The summed E-state index contributed by atoms with van der Waals surface area (Å²) in [5, 5.41) is 0. The van der Waals surface area contributed by atoms with Crippen LogP contribution in [0.5, 0.6) is 0 Å². The van der Waals surface area contributed by atoms with Crippen LogP contribution in [0.3, 0.4) is 0 Å². The Morgan fingerprint density at radius 1 is 1.12 bits per heavy atom. The van der Waals surface area contributed by atoms with Gasteiger partial charge in [0.25, 0.3) is 0 Å². The van der Waals surface area contributed by atoms with E-state index in [0.717, 1.165) is 11.3 Å². The monoisotopic (exact) mass is 226 g/mol. The maximum absolute atomic E-state index is 4.45. The first-order valence-corrected chi connectivity index (χ1v) is 5.86. The Labute approximate surface area is 103 Å². The van der Waals surface area contributed by atoms with E-state index in [4.69, 9.17) is 0 Å². The third kappa shape index (κ3) is 2.52. The first kappa shape index (κ1) is 11.8. The fraction of sp³-hybridized carbons (Fsp3) is 0.333. The second-order valence-corrected chi connectivity index (χ2v) is 5.40. The average molecular weight is 226 g/mol. The smallest absolute Gasteiger partial charge is 0.116 e. The van der Waals surface area contributed by atoms with Crippen LogP contribution in [0.1, 0.15) is 31.9 Å². The van der Waals surface area contributed by atoms with Crippen molar-refractivity contribution in [3.8, 4) is 11.3 Å². The van der Waals surface area contributed by atoms with Crippen LogP contribution in [0.2, 0.25) is 0 Å². The van der Waals surface area contributed by atoms with Gasteiger partial charge in [-0.3, -0.25) is 0 Å². The topological polar surface area (TPSA) is 25.8 Å². The summed E-state index contributed by atoms with van der Waals surface area (Å²) in [6.07, 6.45) is 3.54. The Morgan fingerprint density at radius 2 is 1.88 bits per heavy atom. The molecule has 1 heterocycles. The van der Waals surface area contributed by atoms with Gasteiger partial charge in [0, 0.05) is 17.3 Å². The van der Waals surface area contributed by atoms with Gasteiger partial charge in [-0.2, -0.15) is 0 Å². The zero-order valence-electron chi connectivity index (χ0n) is 10.9. The van der Waals surface area contributed by atoms with Gasteiger partial charge in [0.2, 0.25) is 0 Å². The van der Waals surface area contributed by atoms with E-state index in [1.54, 1.807) is 6.33 Å². The van der Waals surface area contributed by atoms with Crippen LogP contribution in [-0.4, -0.2) is 9.97 Å². The summed E-state index contributed by atoms with van der Waals surface area (Å²) in [5.41, 5.74) is 4.69. The molecule has 1 aromatic heterocycles. The van der Waals surface area contributed by atoms with E-state index in [1.165, 1.54) is 11.1 Å². The highest BCUT2D eigenvalue weighted by Gasteiger charge is 2.19. The van der Waals surface area contributed by atoms with Crippen molar-refractivity contribution in [1.82, 2.24) is 9.97 Å². The van der Waals surface area contributed by atoms with Crippen LogP contribution in [0.15, 0.2) is 36.8 Å². The van der Waals surface area contributed by atoms with Crippen molar-refractivity contribution in [1.29, 1.82) is 0 Å². The van der Waals surface area contributed by atoms with Gasteiger partial charge in [0.05, 0.1) is 5.69 Å². The lowest BCUT2D eigenvalue weighted by Gasteiger charge is -2.21. The summed E-state index contributed by atoms with van der Waals surface area (Å²) < 4.78 is 0. The fourth-order valence-electron chi connectivity index (χ4n) is 1.90. The van der Waals surface area contributed by atoms with Gasteiger partial charge in [-0.15, -0.1) is 0 Å². The quantitative estimate of drug-likeness (QED) is 0.740. The van der Waals surface area contributed by atoms with Gasteiger partial charge in [-0.1, -0.05) is 44.5 Å². The van der Waals surface area contributed by atoms with Crippen molar-refractivity contribution >= 4 is 0 Å². The van der Waals surface area contributed by atoms with Crippen molar-refractivity contribution in [2.24, 2.45) is 0 Å². The molecule has 0 N–H and O–H groups in total. The van der Waals surface area contributed by atoms with Crippen LogP contribution < -0.4 is 0 Å². The molecule has 0 aliphatic rings. The molecule has 0 radical (unpaired) electrons. The number of aryl methyl sites for hydroxylation is 1. The van der Waals surface area contributed by atoms with Crippen molar-refractivity contribution in [2.45, 2.75) is 33.1 Å². The Bertz CT molecular complexity index is 524. The average Bonchev–Trinajstić information content (AvgIpc) is 2.28. The van der Waals surface area contributed by atoms with Gasteiger partial charge in [-0.05, 0) is 18.4 Å². The predicted octanol–water partition coefficient (Wildman–Crippen LogP) is 3.75. The summed E-state index contributed by atoms with van der Waals surface area (Å²) in [4.78, 5) is 8.59. The molecule has 17 heavy (non-hydrogen) atoms. The predicted molar refractivity (Wildman–Crippen MR) is 70.9 cm³/mol. The molecule has 2 aromatic rings. The normalized spacial score (nSPS) is 11.5. The molecule has 0 aliphatic heterocycles. The van der Waals surface area contributed by atoms with Gasteiger partial charge in [0.15, 0.2) is 0 Å². The number of hydrogen-bond acceptors (Lipinski definition) is 2. The van der Waals surface area contributed by atoms with Crippen LogP contribution in [0, 0.1) is 6.92 Å². The van der Waals surface area contributed by atoms with Crippen molar-refractivity contribution in [3.63, 3.8) is 0 Å². The molecular weight excluding hydrogens is 208 g/mol. The van der Waals surface area contributed by atoms with Crippen molar-refractivity contribution in [2.75, 3.05) is 0 Å². The number of aromatic nitrogens is 2. The SMILES string of the molecule is Cc1cccc(-c2ncncc2C(C)(C)C)c1. The van der Waals surface area contributed by atoms with E-state index in [2.05, 4.69) is 61.9 Å². The molecule has 2 nitrogen and oxygen atoms in total. The lowest BCUT2D eigenvalue weighted by molar-refractivity contribution is 0.586. The van der Waals surface area contributed by atoms with Crippen molar-refractivity contribution in [3.05, 3.63) is 47.9 Å². The maximum Gasteiger partial charge on any atom is 0.116 e. The van der Waals surface area contributed by atoms with E-state index in [9.17, 15) is 0 Å². The maximum atomic E-state index is 4.45. The van der Waals surface area contributed by atoms with E-state index >= 15 is 0 Å². The number of nitrogens with zero attached hydrogens (tertiary/aromatic N) is 2. The Kier molecular flexibility index (Phi) is 2.97. The third-order valence-electron chi connectivity index (χ3n) is 2.81. The highest BCUT2D eigenvalue weighted by molar-refractivity contribution is 5.64. The van der Waals surface area contributed by atoms with Gasteiger partial charge < -0.3 is 0 Å². The molecule has 2 rings (SSSR count). The fourth-order valence-corrected chi connectivity index (χ4v) is 1.90. The minimum atomic E-state index is 0.0559. The Hall–Kier alpha value is -1.70. The molecule has 0 unspecified atom stereocenters. The minimum Gasteiger partial charge on any atom is -0.244 e. The molecule has 0 fully saturated rings. The lowest BCUT2D eigenvalue weighted by atomic mass is 9.85. The first-order chi connectivity index (χ1) is 7.98. The minimum absolute atomic E-state index is 0.0559. The first-order valence-electron chi connectivity index (χ1n) is 5.86. The van der Waals surface area contributed by atoms with Crippen LogP contribution >= 0.6 is 0 Å². The molecule has 0 amide bonds. The molecule has 0 saturated carbocycles. The second kappa shape index (κ2) is 4.28. The molecule has 0 spiro atoms. The lowest BCUT2D eigenvalue weighted by Crippen LogP contribution is -2.14. The standard InChI is InChI=1S/C15H18N2/c1-11-6-5-7-12(8-11)14-13(15(2,3)4)9-16-10-17-14/h5-10H,1-4H3. The summed E-state index contributed by atoms with van der Waals surface area (Å²) in [6, 6.07) is 8.43. The van der Waals surface area contributed by atoms with E-state index in [1.807, 2.05) is 6.20 Å². The Morgan fingerprint density at radius 3 is 2.53 bits per heavy atom. The summed E-state index contributed by atoms with van der Waals surface area (Å²) in [5.74, 6) is 0.